The van der Waals surface area contributed by atoms with Gasteiger partial charge in [-0.15, -0.1) is 0 Å². The summed E-state index contributed by atoms with van der Waals surface area (Å²) >= 11 is 0. The number of rotatable bonds is 5. The molecule has 1 rings (SSSR count). The number of hydrogen-bond donors (Lipinski definition) is 0. The fourth-order valence-electron chi connectivity index (χ4n) is 1.37. The summed E-state index contributed by atoms with van der Waals surface area (Å²) in [6, 6.07) is 7.05. The summed E-state index contributed by atoms with van der Waals surface area (Å²) in [7, 11) is -1.41. The summed E-state index contributed by atoms with van der Waals surface area (Å²) in [5.74, 6) is -0.753. The van der Waals surface area contributed by atoms with E-state index in [0.29, 0.717) is 5.56 Å². The molecule has 110 valence electrons. The Kier molecular flexibility index (Phi) is 5.72. The second-order valence-corrected chi connectivity index (χ2v) is 10.1. The Labute approximate surface area is 118 Å². The molecule has 1 aromatic rings. The topological polar surface area (TPSA) is 71.1 Å². The molecule has 0 aliphatic carbocycles. The van der Waals surface area contributed by atoms with Gasteiger partial charge in [-0.25, -0.2) is 14.5 Å². The standard InChI is InChI=1S/C13H18O6Si/c1-5-16-13(15)18-19-17-12(14)10-6-8-11(9-7-10)20(2,3)4/h6-9H,5H2,1-4H3. The molecule has 0 N–H and O–H groups in total. The third kappa shape index (κ3) is 5.02. The fraction of sp³-hybridized carbons (Fsp3) is 0.385. The molecule has 0 atom stereocenters. The Bertz CT molecular complexity index is 463. The number of ether oxygens (including phenoxy) is 1. The van der Waals surface area contributed by atoms with Crippen LogP contribution < -0.4 is 5.19 Å². The molecular formula is C13H18O6Si. The van der Waals surface area contributed by atoms with Gasteiger partial charge in [0.2, 0.25) is 0 Å². The van der Waals surface area contributed by atoms with Crippen molar-refractivity contribution in [1.82, 2.24) is 0 Å². The molecule has 0 radical (unpaired) electrons. The van der Waals surface area contributed by atoms with Gasteiger partial charge in [0, 0.05) is 0 Å². The fourth-order valence-corrected chi connectivity index (χ4v) is 2.54. The maximum Gasteiger partial charge on any atom is 0.543 e. The van der Waals surface area contributed by atoms with Gasteiger partial charge in [-0.05, 0) is 19.1 Å². The van der Waals surface area contributed by atoms with Crippen LogP contribution in [0.25, 0.3) is 0 Å². The monoisotopic (exact) mass is 298 g/mol. The molecule has 0 aliphatic heterocycles. The molecule has 0 heterocycles. The second kappa shape index (κ2) is 7.06. The van der Waals surface area contributed by atoms with Gasteiger partial charge in [-0.3, -0.25) is 4.89 Å². The van der Waals surface area contributed by atoms with E-state index in [1.165, 1.54) is 5.19 Å². The highest BCUT2D eigenvalue weighted by Gasteiger charge is 2.17. The zero-order valence-electron chi connectivity index (χ0n) is 12.0. The molecule has 0 unspecified atom stereocenters. The first-order valence-electron chi connectivity index (χ1n) is 6.17. The SMILES string of the molecule is CCOC(=O)OOOC(=O)c1ccc([Si](C)(C)C)cc1. The van der Waals surface area contributed by atoms with Gasteiger partial charge in [0.15, 0.2) is 0 Å². The van der Waals surface area contributed by atoms with E-state index in [-0.39, 0.29) is 6.61 Å². The summed E-state index contributed by atoms with van der Waals surface area (Å²) in [6.45, 7) is 8.35. The normalized spacial score (nSPS) is 10.8. The summed E-state index contributed by atoms with van der Waals surface area (Å²) in [5, 5.41) is 5.27. The highest BCUT2D eigenvalue weighted by molar-refractivity contribution is 6.88. The van der Waals surface area contributed by atoms with Crippen molar-refractivity contribution in [2.24, 2.45) is 0 Å². The molecule has 0 fully saturated rings. The minimum Gasteiger partial charge on any atom is -0.433 e. The third-order valence-electron chi connectivity index (χ3n) is 2.46. The van der Waals surface area contributed by atoms with Crippen LogP contribution in [0.1, 0.15) is 17.3 Å². The summed E-state index contributed by atoms with van der Waals surface area (Å²) in [4.78, 5) is 30.7. The summed E-state index contributed by atoms with van der Waals surface area (Å²) in [5.41, 5.74) is 0.305. The van der Waals surface area contributed by atoms with Crippen molar-refractivity contribution in [2.75, 3.05) is 6.61 Å². The lowest BCUT2D eigenvalue weighted by atomic mass is 10.2. The van der Waals surface area contributed by atoms with E-state index < -0.39 is 20.2 Å². The van der Waals surface area contributed by atoms with Crippen molar-refractivity contribution in [2.45, 2.75) is 26.6 Å². The van der Waals surface area contributed by atoms with Crippen molar-refractivity contribution in [3.05, 3.63) is 29.8 Å². The Morgan fingerprint density at radius 3 is 2.15 bits per heavy atom. The first kappa shape index (κ1) is 16.2. The highest BCUT2D eigenvalue weighted by Crippen LogP contribution is 2.06. The van der Waals surface area contributed by atoms with Gasteiger partial charge < -0.3 is 4.74 Å². The van der Waals surface area contributed by atoms with Gasteiger partial charge in [0.05, 0.1) is 25.3 Å². The van der Waals surface area contributed by atoms with Gasteiger partial charge in [0.1, 0.15) is 0 Å². The summed E-state index contributed by atoms with van der Waals surface area (Å²) < 4.78 is 4.41. The Morgan fingerprint density at radius 1 is 1.05 bits per heavy atom. The van der Waals surface area contributed by atoms with Crippen molar-refractivity contribution in [3.63, 3.8) is 0 Å². The van der Waals surface area contributed by atoms with E-state index in [9.17, 15) is 9.59 Å². The molecule has 0 amide bonds. The number of carbonyl (C=O) groups is 2. The molecule has 1 aromatic carbocycles. The van der Waals surface area contributed by atoms with Crippen LogP contribution in [0, 0.1) is 0 Å². The second-order valence-electron chi connectivity index (χ2n) is 5.03. The Hall–Kier alpha value is -1.86. The minimum absolute atomic E-state index is 0.133. The molecule has 0 bridgehead atoms. The van der Waals surface area contributed by atoms with Gasteiger partial charge in [0.25, 0.3) is 0 Å². The Morgan fingerprint density at radius 2 is 1.65 bits per heavy atom. The van der Waals surface area contributed by atoms with Crippen molar-refractivity contribution in [1.29, 1.82) is 0 Å². The van der Waals surface area contributed by atoms with Crippen LogP contribution in [0.5, 0.6) is 0 Å². The van der Waals surface area contributed by atoms with Gasteiger partial charge >= 0.3 is 12.1 Å². The van der Waals surface area contributed by atoms with Crippen LogP contribution in [0.3, 0.4) is 0 Å². The highest BCUT2D eigenvalue weighted by atomic mass is 28.3. The van der Waals surface area contributed by atoms with Crippen LogP contribution in [0.15, 0.2) is 24.3 Å². The first-order chi connectivity index (χ1) is 9.34. The Balaban J connectivity index is 2.50. The van der Waals surface area contributed by atoms with Crippen LogP contribution in [-0.2, 0) is 19.6 Å². The van der Waals surface area contributed by atoms with Crippen LogP contribution in [0.4, 0.5) is 4.79 Å². The predicted octanol–water partition coefficient (Wildman–Crippen LogP) is 2.41. The minimum atomic E-state index is -1.41. The molecule has 7 heteroatoms. The smallest absolute Gasteiger partial charge is 0.433 e. The zero-order valence-corrected chi connectivity index (χ0v) is 13.0. The first-order valence-corrected chi connectivity index (χ1v) is 9.67. The lowest BCUT2D eigenvalue weighted by Crippen LogP contribution is -2.37. The molecule has 0 saturated carbocycles. The molecule has 0 aliphatic rings. The van der Waals surface area contributed by atoms with Gasteiger partial charge in [-0.2, -0.15) is 0 Å². The van der Waals surface area contributed by atoms with Gasteiger partial charge in [-0.1, -0.05) is 37.0 Å². The predicted molar refractivity (Wildman–Crippen MR) is 74.0 cm³/mol. The van der Waals surface area contributed by atoms with E-state index in [4.69, 9.17) is 0 Å². The van der Waals surface area contributed by atoms with Crippen LogP contribution in [0.2, 0.25) is 19.6 Å². The lowest BCUT2D eigenvalue weighted by Gasteiger charge is -2.16. The van der Waals surface area contributed by atoms with Crippen molar-refractivity contribution >= 4 is 25.4 Å². The maximum absolute atomic E-state index is 11.6. The number of carbonyl (C=O) groups excluding carboxylic acids is 2. The molecular weight excluding hydrogens is 280 g/mol. The molecule has 0 saturated heterocycles. The van der Waals surface area contributed by atoms with E-state index in [2.05, 4.69) is 39.2 Å². The van der Waals surface area contributed by atoms with E-state index in [1.54, 1.807) is 19.1 Å². The van der Waals surface area contributed by atoms with Crippen molar-refractivity contribution in [3.8, 4) is 0 Å². The molecule has 0 spiro atoms. The zero-order chi connectivity index (χ0) is 15.2. The van der Waals surface area contributed by atoms with E-state index in [1.807, 2.05) is 12.1 Å². The molecule has 0 aromatic heterocycles. The quantitative estimate of drug-likeness (QED) is 0.360. The van der Waals surface area contributed by atoms with E-state index in [0.717, 1.165) is 0 Å². The molecule has 6 nitrogen and oxygen atoms in total. The van der Waals surface area contributed by atoms with Crippen LogP contribution in [-0.4, -0.2) is 26.8 Å². The summed E-state index contributed by atoms with van der Waals surface area (Å²) in [6.07, 6.45) is -1.07. The average Bonchev–Trinajstić information content (AvgIpc) is 2.38. The van der Waals surface area contributed by atoms with Crippen molar-refractivity contribution < 1.29 is 29.1 Å². The number of hydrogen-bond acceptors (Lipinski definition) is 6. The van der Waals surface area contributed by atoms with Crippen LogP contribution >= 0.6 is 0 Å². The number of benzene rings is 1. The maximum atomic E-state index is 11.6. The molecule has 20 heavy (non-hydrogen) atoms. The lowest BCUT2D eigenvalue weighted by molar-refractivity contribution is -0.452. The third-order valence-corrected chi connectivity index (χ3v) is 4.53. The average molecular weight is 298 g/mol. The van der Waals surface area contributed by atoms with E-state index >= 15 is 0 Å². The largest absolute Gasteiger partial charge is 0.543 e.